The molecule has 767 valence electrons. The van der Waals surface area contributed by atoms with Crippen molar-refractivity contribution in [1.29, 1.82) is 0 Å². The Labute approximate surface area is 948 Å². The Morgan fingerprint density at radius 3 is 1.32 bits per heavy atom. The number of ether oxygens (including phenoxy) is 5. The summed E-state index contributed by atoms with van der Waals surface area (Å²) >= 11 is 18.5. The molecular formula is C102H109B2Br4Cl3N5Na2O24S4. The molecule has 1 fully saturated rings. The van der Waals surface area contributed by atoms with Gasteiger partial charge in [0.15, 0.2) is 0 Å². The number of aromatic carboxylic acids is 2. The van der Waals surface area contributed by atoms with Gasteiger partial charge in [0.05, 0.1) is 99.7 Å². The molecule has 0 atom stereocenters. The first-order valence-electron chi connectivity index (χ1n) is 43.7. The maximum atomic E-state index is 13.3. The molecular weight excluding hydrogens is 2300 g/mol. The van der Waals surface area contributed by atoms with Crippen LogP contribution in [0.1, 0.15) is 112 Å². The topological polar surface area (TPSA) is 433 Å². The molecule has 3 radical (unpaired) electrons. The monoisotopic (exact) mass is 2400 g/mol. The van der Waals surface area contributed by atoms with Crippen LogP contribution in [0.4, 0.5) is 4.79 Å². The van der Waals surface area contributed by atoms with Crippen molar-refractivity contribution >= 4 is 227 Å². The molecule has 29 nitrogen and oxygen atoms in total. The third-order valence-corrected chi connectivity index (χ3v) is 29.9. The molecule has 0 unspecified atom stereocenters. The molecule has 4 heterocycles. The number of para-hydroxylation sites is 2. The van der Waals surface area contributed by atoms with E-state index in [2.05, 4.69) is 80.4 Å². The van der Waals surface area contributed by atoms with E-state index in [1.807, 2.05) is 84.0 Å². The van der Waals surface area contributed by atoms with E-state index >= 15 is 0 Å². The molecule has 44 heteroatoms. The quantitative estimate of drug-likeness (QED) is 0.0135. The zero-order valence-corrected chi connectivity index (χ0v) is 97.5. The van der Waals surface area contributed by atoms with Gasteiger partial charge >= 0.3 is 95.5 Å². The number of morpholine rings is 1. The molecule has 0 spiro atoms. The van der Waals surface area contributed by atoms with E-state index < -0.39 is 63.6 Å². The first kappa shape index (κ1) is 129. The summed E-state index contributed by atoms with van der Waals surface area (Å²) in [4.78, 5) is 57.8. The number of aryl methyl sites for hydroxylation is 4. The molecule has 11 aromatic carbocycles. The fraction of sp³-hybridized carbons (Fsp3) is 0.225. The molecule has 0 saturated carbocycles. The van der Waals surface area contributed by atoms with Crippen LogP contribution in [0.3, 0.4) is 0 Å². The summed E-state index contributed by atoms with van der Waals surface area (Å²) < 4.78 is 131. The van der Waals surface area contributed by atoms with Crippen LogP contribution in [0, 0.1) is 33.6 Å². The Balaban J connectivity index is 0.000000584. The average molecular weight is 2410 g/mol. The summed E-state index contributed by atoms with van der Waals surface area (Å²) in [6.07, 6.45) is 9.62. The maximum absolute atomic E-state index is 13.3. The second-order valence-corrected chi connectivity index (χ2v) is 43.8. The Bertz CT molecular complexity index is 7280. The van der Waals surface area contributed by atoms with Crippen molar-refractivity contribution in [2.45, 2.75) is 114 Å². The van der Waals surface area contributed by atoms with E-state index in [0.717, 1.165) is 111 Å². The van der Waals surface area contributed by atoms with Crippen molar-refractivity contribution in [2.75, 3.05) is 53.2 Å². The number of benzene rings is 11. The van der Waals surface area contributed by atoms with E-state index in [0.29, 0.717) is 86.6 Å². The summed E-state index contributed by atoms with van der Waals surface area (Å²) in [5, 5.41) is 56.3. The van der Waals surface area contributed by atoms with Crippen LogP contribution in [0.25, 0.3) is 38.8 Å². The van der Waals surface area contributed by atoms with Gasteiger partial charge in [-0.05, 0) is 222 Å². The molecule has 3 aromatic heterocycles. The van der Waals surface area contributed by atoms with E-state index in [9.17, 15) is 67.9 Å². The Hall–Kier alpha value is -8.79. The molecule has 0 amide bonds. The van der Waals surface area contributed by atoms with Crippen molar-refractivity contribution in [3.63, 3.8) is 0 Å². The fourth-order valence-corrected chi connectivity index (χ4v) is 20.6. The third-order valence-electron chi connectivity index (χ3n) is 20.7. The maximum Gasteiger partial charge on any atom is 1.00 e. The van der Waals surface area contributed by atoms with Crippen molar-refractivity contribution in [2.24, 2.45) is 11.7 Å². The summed E-state index contributed by atoms with van der Waals surface area (Å²) in [5.74, 6) is -1.56. The molecule has 0 bridgehead atoms. The number of carbonyl (C=O) groups is 5. The number of nitrogens with zero attached hydrogens (tertiary/aromatic N) is 4. The molecule has 1 aliphatic carbocycles. The summed E-state index contributed by atoms with van der Waals surface area (Å²) in [6, 6.07) is 65.8. The molecule has 1 aliphatic heterocycles. The van der Waals surface area contributed by atoms with Gasteiger partial charge in [-0.1, -0.05) is 221 Å². The van der Waals surface area contributed by atoms with Crippen molar-refractivity contribution in [3.05, 3.63) is 351 Å². The van der Waals surface area contributed by atoms with Gasteiger partial charge < -0.3 is 67.6 Å². The number of allylic oxidation sites excluding steroid dienone is 1. The van der Waals surface area contributed by atoms with Gasteiger partial charge in [0.2, 0.25) is 0 Å². The summed E-state index contributed by atoms with van der Waals surface area (Å²) in [6.45, 7) is 20.6. The zero-order chi connectivity index (χ0) is 105. The molecule has 8 N–H and O–H groups in total. The number of aliphatic hydroxyl groups is 1. The van der Waals surface area contributed by atoms with Gasteiger partial charge in [0.1, 0.15) is 18.1 Å². The average Bonchev–Trinajstić information content (AvgIpc) is 1.61. The molecule has 2 aliphatic rings. The molecule has 14 aromatic rings. The van der Waals surface area contributed by atoms with Gasteiger partial charge in [-0.3, -0.25) is 9.59 Å². The van der Waals surface area contributed by atoms with E-state index in [4.69, 9.17) is 67.2 Å². The summed E-state index contributed by atoms with van der Waals surface area (Å²) in [5.41, 5.74) is 16.7. The fourth-order valence-electron chi connectivity index (χ4n) is 13.3. The largest absolute Gasteiger partial charge is 1.00 e. The SMILES string of the molecule is CC(C)COC(=O)Cl.CCOC(=O)Cc1ccccc1O.CCOC(=O)Cc1ccccc1OCc1cc(Br)c2ccn(S(=O)(=O)c3ccc(C)cc3)c2c1.CN1CCOCC1.Cc1ccc(S(=O)(=O)Cl)cc1.Cc1ccc(S(=O)(=O)n2ccc3c(Br)cc(C(=O)O)cc32)cc1.Cc1ccc(S(=O)(=O)n2ccc3c(Br)cc(CO)cc32)cc1.Cl.NCc1cccc(B(O)O)c1.O=C(O)c1cc(Br)c2c(c1)CC=C2.[B].[H-].[H-].[Na+].[Na+]. The number of esters is 2. The normalized spacial score (nSPS) is 11.7. The number of carboxylic acid groups (broad SMARTS) is 2. The van der Waals surface area contributed by atoms with Gasteiger partial charge in [-0.25, -0.2) is 60.0 Å². The Morgan fingerprint density at radius 2 is 0.918 bits per heavy atom. The number of likely N-dealkylation sites (N-methyl/N-ethyl adjacent to an activating group) is 1. The molecule has 1 saturated heterocycles. The number of halogens is 7. The minimum Gasteiger partial charge on any atom is -1.00 e. The number of carbonyl (C=O) groups excluding carboxylic acids is 3. The number of aromatic hydroxyl groups is 1. The van der Waals surface area contributed by atoms with E-state index in [1.165, 1.54) is 56.7 Å². The number of hydrogen-bond acceptors (Lipinski definition) is 24. The van der Waals surface area contributed by atoms with E-state index in [-0.39, 0.29) is 152 Å². The second kappa shape index (κ2) is 62.1. The number of aromatic nitrogens is 3. The minimum atomic E-state index is -3.80. The van der Waals surface area contributed by atoms with Crippen molar-refractivity contribution < 1.29 is 174 Å². The minimum absolute atomic E-state index is 0. The number of phenols is 1. The number of rotatable bonds is 23. The summed E-state index contributed by atoms with van der Waals surface area (Å²) in [7, 11) is -8.98. The Morgan fingerprint density at radius 1 is 0.514 bits per heavy atom. The molecule has 146 heavy (non-hydrogen) atoms. The third kappa shape index (κ3) is 38.9. The second-order valence-electron chi connectivity index (χ2n) is 32.0. The van der Waals surface area contributed by atoms with Crippen LogP contribution in [0.2, 0.25) is 0 Å². The number of nitrogens with two attached hydrogens (primary N) is 1. The zero-order valence-electron chi connectivity index (χ0n) is 83.5. The number of fused-ring (bicyclic) bond motifs is 4. The van der Waals surface area contributed by atoms with Crippen LogP contribution in [0.5, 0.6) is 11.5 Å². The van der Waals surface area contributed by atoms with E-state index in [1.54, 1.807) is 190 Å². The van der Waals surface area contributed by atoms with Gasteiger partial charge in [-0.15, -0.1) is 12.4 Å². The predicted octanol–water partition coefficient (Wildman–Crippen LogP) is 13.9. The van der Waals surface area contributed by atoms with Crippen molar-refractivity contribution in [1.82, 2.24) is 16.8 Å². The number of phenolic OH excluding ortho intramolecular Hbond substituents is 1. The van der Waals surface area contributed by atoms with Gasteiger partial charge in [0.25, 0.3) is 39.1 Å². The van der Waals surface area contributed by atoms with Crippen LogP contribution in [-0.2, 0) is 107 Å². The number of aliphatic hydroxyl groups excluding tert-OH is 1. The first-order valence-corrected chi connectivity index (χ1v) is 53.9. The van der Waals surface area contributed by atoms with Crippen LogP contribution >= 0.6 is 98.4 Å². The van der Waals surface area contributed by atoms with Crippen LogP contribution in [-0.4, -0.2) is 179 Å². The standard InChI is InChI=1S/C26H24BrNO5S.C16H12BrNO4S.C16H14BrNO3S.C10H7BrO2.C10H12O3.C7H10BNO2.C7H7ClO2S.C5H9ClO2.C5H11NO.B.ClH.2Na.2H/c1-3-32-26(29)16-20-6-4-5-7-25(20)33-17-19-14-23(27)22-12-13-28(24(22)15-19)34(30,31)21-10-8-18(2)9-11-21;1-10-2-4-12(5-3-10)23(21,22)18-7-6-13-14(17)8-11(16(19)20)9-15(13)18;1-11-2-4-13(5-3-11)22(20,21)18-7-6-14-15(17)8-12(10-19)9-16(14)18;11-9-5-7(10(12)13)4-6-2-1-3-8(6)9;1-2-13-10(12)7-8-5-3-4-6-9(8)11;9-5-6-2-1-3-7(4-6)8(10)11;1-6-2-4-7(5-3-6)11(8,9)10;1-4(2)3-8-5(6)7;1-6-2-4-7-5-3-6;;;;;;/h4-15H,3,16-17H2,1-2H3;2-9H,1H3,(H,19,20);2-9,19H,10H2,1H3;1,3-5H,2H2,(H,12,13);3-6,11H,2,7H2,1H3;1-4,10-11H,5,9H2;2-5H,1H3;4H,3H2,1-2H3;2-5H2,1H3;;1H;;;;/q;;;;;;;;;;;2*+1;2*-1. The number of carboxylic acids is 2. The van der Waals surface area contributed by atoms with Crippen LogP contribution in [0.15, 0.2) is 299 Å². The van der Waals surface area contributed by atoms with Crippen molar-refractivity contribution in [3.8, 4) is 11.5 Å². The van der Waals surface area contributed by atoms with Crippen LogP contribution < -0.4 is 75.0 Å². The molecule has 16 rings (SSSR count). The number of hydrogen-bond donors (Lipinski definition) is 7. The smallest absolute Gasteiger partial charge is 1.00 e. The van der Waals surface area contributed by atoms with Gasteiger partial charge in [0, 0.05) is 114 Å². The van der Waals surface area contributed by atoms with Gasteiger partial charge in [-0.2, -0.15) is 0 Å². The first-order chi connectivity index (χ1) is 67.2. The Kier molecular flexibility index (Phi) is 55.1. The predicted molar refractivity (Wildman–Crippen MR) is 580 cm³/mol.